The highest BCUT2D eigenvalue weighted by Crippen LogP contribution is 2.38. The van der Waals surface area contributed by atoms with E-state index in [1.54, 1.807) is 37.3 Å². The molecule has 4 rings (SSSR count). The van der Waals surface area contributed by atoms with E-state index in [9.17, 15) is 18.0 Å². The van der Waals surface area contributed by atoms with E-state index in [-0.39, 0.29) is 34.6 Å². The summed E-state index contributed by atoms with van der Waals surface area (Å²) in [6, 6.07) is 13.2. The summed E-state index contributed by atoms with van der Waals surface area (Å²) < 4.78 is 44.6. The molecule has 10 nitrogen and oxygen atoms in total. The van der Waals surface area contributed by atoms with E-state index in [1.807, 2.05) is 19.9 Å². The zero-order valence-electron chi connectivity index (χ0n) is 19.7. The molecule has 1 aromatic heterocycles. The lowest BCUT2D eigenvalue weighted by molar-refractivity contribution is 0.0518. The van der Waals surface area contributed by atoms with E-state index in [4.69, 9.17) is 14.2 Å². The number of carbonyl (C=O) groups excluding carboxylic acids is 2. The Morgan fingerprint density at radius 2 is 1.83 bits per heavy atom. The van der Waals surface area contributed by atoms with Gasteiger partial charge in [0.15, 0.2) is 12.4 Å². The fraction of sp³-hybridized carbons (Fsp3) is 0.292. The molecular weight excluding hydrogens is 474 g/mol. The van der Waals surface area contributed by atoms with Crippen molar-refractivity contribution in [3.05, 3.63) is 65.4 Å². The summed E-state index contributed by atoms with van der Waals surface area (Å²) in [7, 11) is -2.76. The summed E-state index contributed by atoms with van der Waals surface area (Å²) in [5.74, 6) is -1.06. The Morgan fingerprint density at radius 3 is 2.46 bits per heavy atom. The Morgan fingerprint density at radius 1 is 1.11 bits per heavy atom. The molecule has 3 aromatic rings. The van der Waals surface area contributed by atoms with Gasteiger partial charge in [0.05, 0.1) is 25.0 Å². The maximum Gasteiger partial charge on any atom is 0.358 e. The normalized spacial score (nSPS) is 14.2. The van der Waals surface area contributed by atoms with Crippen LogP contribution in [0.2, 0.25) is 0 Å². The first-order chi connectivity index (χ1) is 16.7. The zero-order valence-corrected chi connectivity index (χ0v) is 20.5. The molecule has 184 valence electrons. The Labute approximate surface area is 203 Å². The summed E-state index contributed by atoms with van der Waals surface area (Å²) in [6.07, 6.45) is 0. The molecule has 1 aliphatic heterocycles. The number of sulfonamides is 1. The Balaban J connectivity index is 1.70. The van der Waals surface area contributed by atoms with Gasteiger partial charge in [0.1, 0.15) is 10.6 Å². The number of carbonyl (C=O) groups is 2. The summed E-state index contributed by atoms with van der Waals surface area (Å²) in [6.45, 7) is 4.95. The largest absolute Gasteiger partial charge is 0.497 e. The van der Waals surface area contributed by atoms with Crippen molar-refractivity contribution < 1.29 is 32.2 Å². The average molecular weight is 500 g/mol. The van der Waals surface area contributed by atoms with E-state index in [0.717, 1.165) is 0 Å². The molecular formula is C24H25N3O7S. The van der Waals surface area contributed by atoms with Gasteiger partial charge in [-0.05, 0) is 36.6 Å². The highest BCUT2D eigenvalue weighted by atomic mass is 32.2. The first-order valence-electron chi connectivity index (χ1n) is 10.9. The van der Waals surface area contributed by atoms with Crippen LogP contribution in [0.15, 0.2) is 53.4 Å². The first kappa shape index (κ1) is 24.3. The number of methoxy groups -OCH3 is 1. The van der Waals surface area contributed by atoms with Crippen LogP contribution in [0.1, 0.15) is 53.1 Å². The van der Waals surface area contributed by atoms with Crippen LogP contribution in [0, 0.1) is 0 Å². The van der Waals surface area contributed by atoms with Crippen LogP contribution in [0.5, 0.6) is 11.6 Å². The standard InChI is InChI=1S/C24H25N3O7S/c1-5-33-24(29)19-13-21(27(25-19)16-9-7-6-8-10-16)34-14-26-23(28)22-18(15(2)3)11-17(32-4)12-20(22)35(26,30)31/h6-13,15H,5,14H2,1-4H3. The molecule has 2 aromatic carbocycles. The van der Waals surface area contributed by atoms with Crippen molar-refractivity contribution in [2.24, 2.45) is 0 Å². The molecule has 2 heterocycles. The minimum absolute atomic E-state index is 0.0172. The maximum atomic E-state index is 13.3. The van der Waals surface area contributed by atoms with E-state index in [0.29, 0.717) is 21.3 Å². The van der Waals surface area contributed by atoms with Crippen LogP contribution < -0.4 is 9.47 Å². The highest BCUT2D eigenvalue weighted by Gasteiger charge is 2.44. The van der Waals surface area contributed by atoms with Gasteiger partial charge in [0.25, 0.3) is 15.9 Å². The SMILES string of the molecule is CCOC(=O)c1cc(OCN2C(=O)c3c(C(C)C)cc(OC)cc3S2(=O)=O)n(-c2ccccc2)n1. The minimum Gasteiger partial charge on any atom is -0.497 e. The van der Waals surface area contributed by atoms with E-state index in [1.165, 1.54) is 23.9 Å². The second-order valence-electron chi connectivity index (χ2n) is 8.01. The number of para-hydroxylation sites is 1. The molecule has 0 unspecified atom stereocenters. The Kier molecular flexibility index (Phi) is 6.53. The second kappa shape index (κ2) is 9.41. The van der Waals surface area contributed by atoms with Crippen LogP contribution in [0.4, 0.5) is 0 Å². The lowest BCUT2D eigenvalue weighted by Crippen LogP contribution is -2.34. The van der Waals surface area contributed by atoms with Gasteiger partial charge in [-0.1, -0.05) is 32.0 Å². The number of benzene rings is 2. The smallest absolute Gasteiger partial charge is 0.358 e. The van der Waals surface area contributed by atoms with Crippen LogP contribution in [-0.4, -0.2) is 54.8 Å². The fourth-order valence-corrected chi connectivity index (χ4v) is 5.21. The van der Waals surface area contributed by atoms with Crippen LogP contribution in [-0.2, 0) is 14.8 Å². The van der Waals surface area contributed by atoms with E-state index in [2.05, 4.69) is 5.10 Å². The van der Waals surface area contributed by atoms with Gasteiger partial charge in [-0.2, -0.15) is 9.40 Å². The van der Waals surface area contributed by atoms with Crippen LogP contribution in [0.3, 0.4) is 0 Å². The molecule has 1 aliphatic rings. The number of hydrogen-bond acceptors (Lipinski definition) is 8. The number of rotatable bonds is 8. The van der Waals surface area contributed by atoms with Gasteiger partial charge < -0.3 is 14.2 Å². The number of nitrogens with zero attached hydrogens (tertiary/aromatic N) is 3. The van der Waals surface area contributed by atoms with Crippen molar-refractivity contribution >= 4 is 21.9 Å². The molecule has 0 aliphatic carbocycles. The number of esters is 1. The molecule has 0 radical (unpaired) electrons. The number of ether oxygens (including phenoxy) is 3. The number of amides is 1. The van der Waals surface area contributed by atoms with Gasteiger partial charge in [0, 0.05) is 12.1 Å². The predicted molar refractivity (Wildman–Crippen MR) is 125 cm³/mol. The monoisotopic (exact) mass is 499 g/mol. The Hall–Kier alpha value is -3.86. The topological polar surface area (TPSA) is 117 Å². The third kappa shape index (κ3) is 4.34. The molecule has 0 saturated carbocycles. The number of hydrogen-bond donors (Lipinski definition) is 0. The fourth-order valence-electron chi connectivity index (χ4n) is 3.75. The molecule has 0 spiro atoms. The van der Waals surface area contributed by atoms with Gasteiger partial charge in [0.2, 0.25) is 5.88 Å². The molecule has 11 heteroatoms. The molecule has 0 N–H and O–H groups in total. The quantitative estimate of drug-likeness (QED) is 0.433. The van der Waals surface area contributed by atoms with Gasteiger partial charge in [-0.3, -0.25) is 4.79 Å². The van der Waals surface area contributed by atoms with Crippen molar-refractivity contribution in [3.63, 3.8) is 0 Å². The lowest BCUT2D eigenvalue weighted by atomic mass is 9.96. The molecule has 1 amide bonds. The first-order valence-corrected chi connectivity index (χ1v) is 12.4. The number of fused-ring (bicyclic) bond motifs is 1. The van der Waals surface area contributed by atoms with Crippen molar-refractivity contribution in [3.8, 4) is 17.3 Å². The second-order valence-corrected chi connectivity index (χ2v) is 9.84. The third-order valence-corrected chi connectivity index (χ3v) is 7.19. The zero-order chi connectivity index (χ0) is 25.3. The van der Waals surface area contributed by atoms with Crippen LogP contribution >= 0.6 is 0 Å². The molecule has 0 bridgehead atoms. The van der Waals surface area contributed by atoms with Crippen molar-refractivity contribution in [2.45, 2.75) is 31.6 Å². The van der Waals surface area contributed by atoms with Crippen molar-refractivity contribution in [1.29, 1.82) is 0 Å². The summed E-state index contributed by atoms with van der Waals surface area (Å²) in [5.41, 5.74) is 1.22. The van der Waals surface area contributed by atoms with Crippen molar-refractivity contribution in [2.75, 3.05) is 20.4 Å². The van der Waals surface area contributed by atoms with E-state index >= 15 is 0 Å². The molecule has 0 saturated heterocycles. The molecule has 0 fully saturated rings. The predicted octanol–water partition coefficient (Wildman–Crippen LogP) is 3.36. The minimum atomic E-state index is -4.19. The number of aromatic nitrogens is 2. The third-order valence-electron chi connectivity index (χ3n) is 5.46. The highest BCUT2D eigenvalue weighted by molar-refractivity contribution is 7.90. The summed E-state index contributed by atoms with van der Waals surface area (Å²) in [4.78, 5) is 25.4. The molecule has 0 atom stereocenters. The maximum absolute atomic E-state index is 13.3. The lowest BCUT2D eigenvalue weighted by Gasteiger charge is -2.16. The Bertz CT molecular complexity index is 1380. The summed E-state index contributed by atoms with van der Waals surface area (Å²) >= 11 is 0. The summed E-state index contributed by atoms with van der Waals surface area (Å²) in [5, 5.41) is 4.25. The van der Waals surface area contributed by atoms with Crippen molar-refractivity contribution in [1.82, 2.24) is 14.1 Å². The van der Waals surface area contributed by atoms with Gasteiger partial charge in [-0.25, -0.2) is 17.9 Å². The van der Waals surface area contributed by atoms with Gasteiger partial charge in [-0.15, -0.1) is 0 Å². The molecule has 35 heavy (non-hydrogen) atoms. The van der Waals surface area contributed by atoms with Crippen LogP contribution in [0.25, 0.3) is 5.69 Å². The van der Waals surface area contributed by atoms with Gasteiger partial charge >= 0.3 is 5.97 Å². The average Bonchev–Trinajstić information content (AvgIpc) is 3.35. The van der Waals surface area contributed by atoms with E-state index < -0.39 is 28.6 Å².